The van der Waals surface area contributed by atoms with Crippen LogP contribution in [0.1, 0.15) is 37.3 Å². The quantitative estimate of drug-likeness (QED) is 0.744. The average Bonchev–Trinajstić information content (AvgIpc) is 2.93. The predicted octanol–water partition coefficient (Wildman–Crippen LogP) is 4.45. The summed E-state index contributed by atoms with van der Waals surface area (Å²) in [5, 5.41) is 0.547. The summed E-state index contributed by atoms with van der Waals surface area (Å²) < 4.78 is 0. The molecule has 18 heavy (non-hydrogen) atoms. The second-order valence-corrected chi connectivity index (χ2v) is 5.17. The van der Waals surface area contributed by atoms with Gasteiger partial charge < -0.3 is 0 Å². The summed E-state index contributed by atoms with van der Waals surface area (Å²) in [6, 6.07) is 11.9. The first-order chi connectivity index (χ1) is 8.83. The maximum absolute atomic E-state index is 6.13. The molecule has 0 amide bonds. The standard InChI is InChI=1S/C15H15ClN2/c16-14-10-13(11-6-4-5-7-11)17-15(18-14)12-8-2-1-3-9-12/h1-3,8-11H,4-7H2. The van der Waals surface area contributed by atoms with Crippen LogP contribution in [0.3, 0.4) is 0 Å². The Labute approximate surface area is 112 Å². The van der Waals surface area contributed by atoms with E-state index in [4.69, 9.17) is 16.6 Å². The minimum Gasteiger partial charge on any atom is -0.233 e. The van der Waals surface area contributed by atoms with Gasteiger partial charge in [0.25, 0.3) is 0 Å². The molecule has 1 aromatic carbocycles. The lowest BCUT2D eigenvalue weighted by molar-refractivity contribution is 0.695. The van der Waals surface area contributed by atoms with Crippen molar-refractivity contribution < 1.29 is 0 Å². The molecule has 0 unspecified atom stereocenters. The highest BCUT2D eigenvalue weighted by atomic mass is 35.5. The number of hydrogen-bond donors (Lipinski definition) is 0. The topological polar surface area (TPSA) is 25.8 Å². The summed E-state index contributed by atoms with van der Waals surface area (Å²) in [7, 11) is 0. The van der Waals surface area contributed by atoms with Crippen LogP contribution in [0, 0.1) is 0 Å². The van der Waals surface area contributed by atoms with Crippen molar-refractivity contribution in [1.29, 1.82) is 0 Å². The van der Waals surface area contributed by atoms with Gasteiger partial charge >= 0.3 is 0 Å². The normalized spacial score (nSPS) is 16.1. The SMILES string of the molecule is Clc1cc(C2CCCC2)nc(-c2ccccc2)n1. The third kappa shape index (κ3) is 2.39. The highest BCUT2D eigenvalue weighted by Crippen LogP contribution is 2.34. The van der Waals surface area contributed by atoms with E-state index in [1.165, 1.54) is 25.7 Å². The van der Waals surface area contributed by atoms with Crippen LogP contribution in [0.2, 0.25) is 5.15 Å². The van der Waals surface area contributed by atoms with Gasteiger partial charge in [0, 0.05) is 17.2 Å². The van der Waals surface area contributed by atoms with Crippen LogP contribution in [0.25, 0.3) is 11.4 Å². The third-order valence-corrected chi connectivity index (χ3v) is 3.71. The van der Waals surface area contributed by atoms with Gasteiger partial charge in [-0.25, -0.2) is 9.97 Å². The molecule has 0 bridgehead atoms. The molecule has 0 N–H and O–H groups in total. The molecule has 0 radical (unpaired) electrons. The van der Waals surface area contributed by atoms with Gasteiger partial charge in [-0.05, 0) is 18.9 Å². The molecule has 2 aromatic rings. The first kappa shape index (κ1) is 11.7. The van der Waals surface area contributed by atoms with Crippen LogP contribution in [0.15, 0.2) is 36.4 Å². The van der Waals surface area contributed by atoms with Crippen LogP contribution in [-0.4, -0.2) is 9.97 Å². The minimum absolute atomic E-state index is 0.547. The zero-order valence-corrected chi connectivity index (χ0v) is 10.9. The van der Waals surface area contributed by atoms with E-state index in [1.54, 1.807) is 0 Å². The summed E-state index contributed by atoms with van der Waals surface area (Å²) in [4.78, 5) is 9.02. The molecule has 1 fully saturated rings. The molecule has 1 aliphatic rings. The third-order valence-electron chi connectivity index (χ3n) is 3.52. The van der Waals surface area contributed by atoms with Crippen molar-refractivity contribution in [1.82, 2.24) is 9.97 Å². The van der Waals surface area contributed by atoms with Crippen molar-refractivity contribution in [2.45, 2.75) is 31.6 Å². The van der Waals surface area contributed by atoms with E-state index in [0.29, 0.717) is 11.1 Å². The van der Waals surface area contributed by atoms with E-state index in [-0.39, 0.29) is 0 Å². The van der Waals surface area contributed by atoms with E-state index < -0.39 is 0 Å². The molecule has 0 aliphatic heterocycles. The van der Waals surface area contributed by atoms with Gasteiger partial charge in [0.05, 0.1) is 0 Å². The van der Waals surface area contributed by atoms with Crippen molar-refractivity contribution in [3.8, 4) is 11.4 Å². The van der Waals surface area contributed by atoms with Crippen LogP contribution < -0.4 is 0 Å². The molecule has 1 aromatic heterocycles. The first-order valence-corrected chi connectivity index (χ1v) is 6.80. The van der Waals surface area contributed by atoms with Crippen molar-refractivity contribution >= 4 is 11.6 Å². The van der Waals surface area contributed by atoms with E-state index in [1.807, 2.05) is 36.4 Å². The zero-order chi connectivity index (χ0) is 12.4. The molecule has 0 saturated heterocycles. The molecule has 2 nitrogen and oxygen atoms in total. The number of benzene rings is 1. The maximum Gasteiger partial charge on any atom is 0.161 e. The summed E-state index contributed by atoms with van der Waals surface area (Å²) in [6.45, 7) is 0. The lowest BCUT2D eigenvalue weighted by Crippen LogP contribution is -2.00. The summed E-state index contributed by atoms with van der Waals surface area (Å²) in [5.74, 6) is 1.30. The molecular formula is C15H15ClN2. The Hall–Kier alpha value is -1.41. The van der Waals surface area contributed by atoms with E-state index in [0.717, 1.165) is 17.1 Å². The lowest BCUT2D eigenvalue weighted by Gasteiger charge is -2.10. The summed E-state index contributed by atoms with van der Waals surface area (Å²) in [6.07, 6.45) is 5.04. The van der Waals surface area contributed by atoms with Gasteiger partial charge in [0.15, 0.2) is 5.82 Å². The van der Waals surface area contributed by atoms with Crippen molar-refractivity contribution in [2.75, 3.05) is 0 Å². The average molecular weight is 259 g/mol. The van der Waals surface area contributed by atoms with Crippen LogP contribution in [0.4, 0.5) is 0 Å². The highest BCUT2D eigenvalue weighted by Gasteiger charge is 2.19. The largest absolute Gasteiger partial charge is 0.233 e. The number of aromatic nitrogens is 2. The Bertz CT molecular complexity index is 533. The van der Waals surface area contributed by atoms with Gasteiger partial charge in [-0.2, -0.15) is 0 Å². The minimum atomic E-state index is 0.547. The lowest BCUT2D eigenvalue weighted by atomic mass is 10.0. The molecule has 1 heterocycles. The second-order valence-electron chi connectivity index (χ2n) is 4.79. The van der Waals surface area contributed by atoms with Crippen molar-refractivity contribution in [3.63, 3.8) is 0 Å². The van der Waals surface area contributed by atoms with E-state index in [9.17, 15) is 0 Å². The van der Waals surface area contributed by atoms with E-state index in [2.05, 4.69) is 4.98 Å². The number of hydrogen-bond acceptors (Lipinski definition) is 2. The molecule has 92 valence electrons. The Morgan fingerprint density at radius 2 is 1.72 bits per heavy atom. The van der Waals surface area contributed by atoms with Crippen LogP contribution in [-0.2, 0) is 0 Å². The summed E-state index contributed by atoms with van der Waals surface area (Å²) >= 11 is 6.13. The maximum atomic E-state index is 6.13. The number of rotatable bonds is 2. The molecule has 1 aliphatic carbocycles. The molecular weight excluding hydrogens is 244 g/mol. The fourth-order valence-electron chi connectivity index (χ4n) is 2.58. The molecule has 3 rings (SSSR count). The fourth-order valence-corrected chi connectivity index (χ4v) is 2.77. The molecule has 0 spiro atoms. The van der Waals surface area contributed by atoms with Crippen molar-refractivity contribution in [3.05, 3.63) is 47.2 Å². The monoisotopic (exact) mass is 258 g/mol. The van der Waals surface area contributed by atoms with Crippen molar-refractivity contribution in [2.24, 2.45) is 0 Å². The van der Waals surface area contributed by atoms with Gasteiger partial charge in [0.1, 0.15) is 5.15 Å². The Kier molecular flexibility index (Phi) is 3.28. The highest BCUT2D eigenvalue weighted by molar-refractivity contribution is 6.29. The van der Waals surface area contributed by atoms with Crippen LogP contribution >= 0.6 is 11.6 Å². The van der Waals surface area contributed by atoms with E-state index >= 15 is 0 Å². The number of halogens is 1. The number of nitrogens with zero attached hydrogens (tertiary/aromatic N) is 2. The van der Waals surface area contributed by atoms with Gasteiger partial charge in [-0.3, -0.25) is 0 Å². The first-order valence-electron chi connectivity index (χ1n) is 6.43. The Morgan fingerprint density at radius 1 is 1.00 bits per heavy atom. The smallest absolute Gasteiger partial charge is 0.161 e. The van der Waals surface area contributed by atoms with Gasteiger partial charge in [-0.1, -0.05) is 54.8 Å². The van der Waals surface area contributed by atoms with Gasteiger partial charge in [-0.15, -0.1) is 0 Å². The zero-order valence-electron chi connectivity index (χ0n) is 10.1. The molecule has 1 saturated carbocycles. The molecule has 3 heteroatoms. The summed E-state index contributed by atoms with van der Waals surface area (Å²) in [5.41, 5.74) is 2.13. The van der Waals surface area contributed by atoms with Gasteiger partial charge in [0.2, 0.25) is 0 Å². The fraction of sp³-hybridized carbons (Fsp3) is 0.333. The Morgan fingerprint density at radius 3 is 2.44 bits per heavy atom. The van der Waals surface area contributed by atoms with Crippen LogP contribution in [0.5, 0.6) is 0 Å². The Balaban J connectivity index is 2.00. The predicted molar refractivity (Wildman–Crippen MR) is 73.7 cm³/mol. The molecule has 0 atom stereocenters. The second kappa shape index (κ2) is 5.07.